The highest BCUT2D eigenvalue weighted by atomic mass is 35.5. The second-order valence-corrected chi connectivity index (χ2v) is 8.29. The first-order chi connectivity index (χ1) is 12.6. The number of halogens is 2. The van der Waals surface area contributed by atoms with Gasteiger partial charge in [0.15, 0.2) is 0 Å². The van der Waals surface area contributed by atoms with E-state index in [0.717, 1.165) is 38.8 Å². The number of carbonyl (C=O) groups excluding carboxylic acids is 2. The monoisotopic (exact) mass is 411 g/mol. The van der Waals surface area contributed by atoms with Gasteiger partial charge in [0.25, 0.3) is 5.91 Å². The summed E-state index contributed by atoms with van der Waals surface area (Å²) in [5.41, 5.74) is 0.574. The number of likely N-dealkylation sites (tertiary alicyclic amines) is 1. The molecular weight excluding hydrogens is 385 g/mol. The number of nitrogens with zero attached hydrogens (tertiary/aromatic N) is 1. The Morgan fingerprint density at radius 3 is 2.70 bits per heavy atom. The molecule has 7 heteroatoms. The molecule has 2 saturated heterocycles. The molecular formula is C20H27Cl2N3O2. The fourth-order valence-electron chi connectivity index (χ4n) is 4.61. The summed E-state index contributed by atoms with van der Waals surface area (Å²) in [6.45, 7) is 2.61. The molecule has 0 spiro atoms. The first kappa shape index (κ1) is 20.4. The number of fused-ring (bicyclic) bond motifs is 1. The van der Waals surface area contributed by atoms with Gasteiger partial charge in [0.05, 0.1) is 0 Å². The van der Waals surface area contributed by atoms with E-state index in [1.165, 1.54) is 6.42 Å². The number of benzene rings is 1. The molecule has 0 aromatic heterocycles. The highest BCUT2D eigenvalue weighted by molar-refractivity contribution is 6.31. The Morgan fingerprint density at radius 2 is 2.00 bits per heavy atom. The summed E-state index contributed by atoms with van der Waals surface area (Å²) in [7, 11) is 0. The lowest BCUT2D eigenvalue weighted by molar-refractivity contribution is -0.125. The molecule has 3 aliphatic rings. The predicted molar refractivity (Wildman–Crippen MR) is 108 cm³/mol. The minimum atomic E-state index is -0.359. The molecule has 1 aliphatic carbocycles. The van der Waals surface area contributed by atoms with Crippen molar-refractivity contribution in [3.63, 3.8) is 0 Å². The van der Waals surface area contributed by atoms with Gasteiger partial charge in [0.2, 0.25) is 5.91 Å². The number of hydrogen-bond donors (Lipinski definition) is 2. The lowest BCUT2D eigenvalue weighted by atomic mass is 9.84. The summed E-state index contributed by atoms with van der Waals surface area (Å²) >= 11 is 6.08. The van der Waals surface area contributed by atoms with E-state index in [2.05, 4.69) is 10.6 Å². The number of rotatable bonds is 4. The van der Waals surface area contributed by atoms with Crippen LogP contribution in [0.15, 0.2) is 24.3 Å². The van der Waals surface area contributed by atoms with E-state index in [0.29, 0.717) is 29.0 Å². The molecule has 5 nitrogen and oxygen atoms in total. The first-order valence-corrected chi connectivity index (χ1v) is 10.1. The van der Waals surface area contributed by atoms with Crippen LogP contribution in [0.5, 0.6) is 0 Å². The van der Waals surface area contributed by atoms with Gasteiger partial charge >= 0.3 is 0 Å². The van der Waals surface area contributed by atoms with Crippen molar-refractivity contribution in [2.45, 2.75) is 44.2 Å². The lowest BCUT2D eigenvalue weighted by Gasteiger charge is -2.34. The molecule has 27 heavy (non-hydrogen) atoms. The Kier molecular flexibility index (Phi) is 6.66. The quantitative estimate of drug-likeness (QED) is 0.800. The maximum Gasteiger partial charge on any atom is 0.254 e. The third-order valence-electron chi connectivity index (χ3n) is 6.13. The molecule has 0 bridgehead atoms. The van der Waals surface area contributed by atoms with Gasteiger partial charge in [-0.05, 0) is 43.4 Å². The summed E-state index contributed by atoms with van der Waals surface area (Å²) in [4.78, 5) is 28.0. The van der Waals surface area contributed by atoms with E-state index in [4.69, 9.17) is 11.6 Å². The van der Waals surface area contributed by atoms with Crippen molar-refractivity contribution < 1.29 is 9.59 Å². The molecule has 3 unspecified atom stereocenters. The molecule has 1 aromatic rings. The number of nitrogens with one attached hydrogen (secondary N) is 2. The minimum absolute atomic E-state index is 0. The fourth-order valence-corrected chi connectivity index (χ4v) is 4.80. The molecule has 1 saturated carbocycles. The van der Waals surface area contributed by atoms with Crippen molar-refractivity contribution in [3.05, 3.63) is 34.9 Å². The lowest BCUT2D eigenvalue weighted by Crippen LogP contribution is -2.53. The largest absolute Gasteiger partial charge is 0.354 e. The number of carbonyl (C=O) groups is 2. The molecule has 2 amide bonds. The Labute approximate surface area is 171 Å². The van der Waals surface area contributed by atoms with Crippen molar-refractivity contribution in [1.82, 2.24) is 15.5 Å². The summed E-state index contributed by atoms with van der Waals surface area (Å²) in [6.07, 6.45) is 5.21. The van der Waals surface area contributed by atoms with Crippen LogP contribution in [0.25, 0.3) is 0 Å². The summed E-state index contributed by atoms with van der Waals surface area (Å²) < 4.78 is 0. The zero-order chi connectivity index (χ0) is 18.1. The van der Waals surface area contributed by atoms with Gasteiger partial charge in [-0.1, -0.05) is 30.5 Å². The van der Waals surface area contributed by atoms with Crippen molar-refractivity contribution in [1.29, 1.82) is 0 Å². The van der Waals surface area contributed by atoms with Crippen LogP contribution in [0.2, 0.25) is 5.02 Å². The maximum atomic E-state index is 13.3. The average molecular weight is 412 g/mol. The zero-order valence-electron chi connectivity index (χ0n) is 15.3. The van der Waals surface area contributed by atoms with E-state index < -0.39 is 0 Å². The Hall–Kier alpha value is -1.30. The van der Waals surface area contributed by atoms with E-state index in [9.17, 15) is 9.59 Å². The molecule has 3 atom stereocenters. The summed E-state index contributed by atoms with van der Waals surface area (Å²) in [5, 5.41) is 6.86. The minimum Gasteiger partial charge on any atom is -0.354 e. The van der Waals surface area contributed by atoms with Gasteiger partial charge in [0, 0.05) is 42.2 Å². The number of amides is 2. The van der Waals surface area contributed by atoms with Crippen LogP contribution >= 0.6 is 24.0 Å². The second kappa shape index (κ2) is 8.80. The third kappa shape index (κ3) is 4.25. The van der Waals surface area contributed by atoms with Crippen LogP contribution in [0.1, 0.15) is 42.5 Å². The van der Waals surface area contributed by atoms with Crippen molar-refractivity contribution in [2.75, 3.05) is 19.6 Å². The Bertz CT molecular complexity index is 696. The van der Waals surface area contributed by atoms with Crippen LogP contribution < -0.4 is 10.6 Å². The maximum absolute atomic E-state index is 13.3. The van der Waals surface area contributed by atoms with Gasteiger partial charge in [0.1, 0.15) is 6.04 Å². The van der Waals surface area contributed by atoms with Gasteiger partial charge in [-0.15, -0.1) is 12.4 Å². The molecule has 4 rings (SSSR count). The van der Waals surface area contributed by atoms with Crippen molar-refractivity contribution >= 4 is 35.8 Å². The fraction of sp³-hybridized carbons (Fsp3) is 0.600. The number of hydrogen-bond acceptors (Lipinski definition) is 3. The van der Waals surface area contributed by atoms with Crippen LogP contribution in [-0.2, 0) is 4.79 Å². The van der Waals surface area contributed by atoms with E-state index in [-0.39, 0.29) is 36.3 Å². The summed E-state index contributed by atoms with van der Waals surface area (Å²) in [5.74, 6) is 0.891. The van der Waals surface area contributed by atoms with Crippen molar-refractivity contribution in [2.24, 2.45) is 11.8 Å². The van der Waals surface area contributed by atoms with Crippen LogP contribution in [-0.4, -0.2) is 48.4 Å². The molecule has 2 aliphatic heterocycles. The topological polar surface area (TPSA) is 61.4 Å². The van der Waals surface area contributed by atoms with E-state index in [1.54, 1.807) is 24.3 Å². The van der Waals surface area contributed by atoms with Gasteiger partial charge < -0.3 is 15.5 Å². The molecule has 2 heterocycles. The van der Waals surface area contributed by atoms with E-state index >= 15 is 0 Å². The Balaban J connectivity index is 0.00000210. The molecule has 148 valence electrons. The standard InChI is InChI=1S/C20H26ClN3O2.ClH/c21-16-6-3-5-15(8-16)20(26)24-17-7-2-1-4-14(17)9-18(24)19(25)23-12-13-10-22-11-13;/h3,5-6,8,13-14,17-18,22H,1-2,4,7,9-12H2,(H,23,25);1H. The zero-order valence-corrected chi connectivity index (χ0v) is 16.9. The molecule has 2 N–H and O–H groups in total. The van der Waals surface area contributed by atoms with Gasteiger partial charge in [-0.2, -0.15) is 0 Å². The highest BCUT2D eigenvalue weighted by Crippen LogP contribution is 2.40. The predicted octanol–water partition coefficient (Wildman–Crippen LogP) is 2.87. The van der Waals surface area contributed by atoms with Gasteiger partial charge in [-0.25, -0.2) is 0 Å². The Morgan fingerprint density at radius 1 is 1.22 bits per heavy atom. The molecule has 0 radical (unpaired) electrons. The SMILES string of the molecule is Cl.O=C(NCC1CNC1)C1CC2CCCCC2N1C(=O)c1cccc(Cl)c1. The summed E-state index contributed by atoms with van der Waals surface area (Å²) in [6, 6.07) is 6.87. The third-order valence-corrected chi connectivity index (χ3v) is 6.36. The van der Waals surface area contributed by atoms with Crippen LogP contribution in [0.3, 0.4) is 0 Å². The van der Waals surface area contributed by atoms with Crippen molar-refractivity contribution in [3.8, 4) is 0 Å². The smallest absolute Gasteiger partial charge is 0.254 e. The van der Waals surface area contributed by atoms with Gasteiger partial charge in [-0.3, -0.25) is 9.59 Å². The molecule has 1 aromatic carbocycles. The van der Waals surface area contributed by atoms with Crippen LogP contribution in [0.4, 0.5) is 0 Å². The van der Waals surface area contributed by atoms with Crippen LogP contribution in [0, 0.1) is 11.8 Å². The second-order valence-electron chi connectivity index (χ2n) is 7.86. The highest BCUT2D eigenvalue weighted by Gasteiger charge is 2.47. The first-order valence-electron chi connectivity index (χ1n) is 9.70. The molecule has 3 fully saturated rings. The normalized spacial score (nSPS) is 27.3. The average Bonchev–Trinajstić information content (AvgIpc) is 2.99. The van der Waals surface area contributed by atoms with E-state index in [1.807, 2.05) is 4.90 Å².